The van der Waals surface area contributed by atoms with E-state index in [-0.39, 0.29) is 23.3 Å². The van der Waals surface area contributed by atoms with Crippen LogP contribution in [0.1, 0.15) is 23.6 Å². The van der Waals surface area contributed by atoms with Crippen LogP contribution in [0.15, 0.2) is 12.1 Å². The number of hydrogen-bond donors (Lipinski definition) is 0. The van der Waals surface area contributed by atoms with Crippen LogP contribution in [0.25, 0.3) is 0 Å². The van der Waals surface area contributed by atoms with Crippen LogP contribution in [0, 0.1) is 18.3 Å². The highest BCUT2D eigenvalue weighted by atomic mass is 19.4. The summed E-state index contributed by atoms with van der Waals surface area (Å²) < 4.78 is 45.7. The summed E-state index contributed by atoms with van der Waals surface area (Å²) >= 11 is 0. The number of hydrogen-bond acceptors (Lipinski definition) is 4. The zero-order valence-corrected chi connectivity index (χ0v) is 10.9. The van der Waals surface area contributed by atoms with E-state index in [1.807, 2.05) is 6.07 Å². The molecule has 20 heavy (non-hydrogen) atoms. The van der Waals surface area contributed by atoms with Crippen molar-refractivity contribution in [3.8, 4) is 11.8 Å². The lowest BCUT2D eigenvalue weighted by Crippen LogP contribution is -2.20. The van der Waals surface area contributed by atoms with Crippen LogP contribution < -0.4 is 4.74 Å². The van der Waals surface area contributed by atoms with Gasteiger partial charge in [0.05, 0.1) is 24.7 Å². The van der Waals surface area contributed by atoms with Crippen molar-refractivity contribution >= 4 is 5.97 Å². The highest BCUT2D eigenvalue weighted by Crippen LogP contribution is 2.31. The standard InChI is InChI=1S/C13H12F3NO3/c1-3-19-11(18)6-10-5-9(7-17)4-8(2)12(10)20-13(14,15)16/h4-5H,3,6H2,1-2H3. The van der Waals surface area contributed by atoms with Gasteiger partial charge in [-0.15, -0.1) is 13.2 Å². The molecule has 0 bridgehead atoms. The number of halogens is 3. The van der Waals surface area contributed by atoms with Gasteiger partial charge in [-0.05, 0) is 31.5 Å². The Labute approximate surface area is 113 Å². The predicted molar refractivity (Wildman–Crippen MR) is 62.9 cm³/mol. The summed E-state index contributed by atoms with van der Waals surface area (Å²) in [6.07, 6.45) is -5.27. The summed E-state index contributed by atoms with van der Waals surface area (Å²) in [5, 5.41) is 8.82. The van der Waals surface area contributed by atoms with Crippen molar-refractivity contribution in [2.75, 3.05) is 6.61 Å². The average molecular weight is 287 g/mol. The van der Waals surface area contributed by atoms with Gasteiger partial charge in [-0.2, -0.15) is 5.26 Å². The normalized spacial score (nSPS) is 10.8. The first-order valence-electron chi connectivity index (χ1n) is 5.71. The smallest absolute Gasteiger partial charge is 0.466 e. The second kappa shape index (κ2) is 6.28. The Morgan fingerprint density at radius 3 is 2.55 bits per heavy atom. The highest BCUT2D eigenvalue weighted by molar-refractivity contribution is 5.74. The molecule has 1 aromatic carbocycles. The zero-order valence-electron chi connectivity index (χ0n) is 10.9. The van der Waals surface area contributed by atoms with Gasteiger partial charge in [0, 0.05) is 5.56 Å². The van der Waals surface area contributed by atoms with Gasteiger partial charge in [-0.3, -0.25) is 4.79 Å². The molecule has 0 unspecified atom stereocenters. The van der Waals surface area contributed by atoms with E-state index in [1.54, 1.807) is 6.92 Å². The van der Waals surface area contributed by atoms with E-state index in [0.717, 1.165) is 0 Å². The van der Waals surface area contributed by atoms with Crippen LogP contribution in [0.5, 0.6) is 5.75 Å². The van der Waals surface area contributed by atoms with E-state index in [0.29, 0.717) is 0 Å². The molecule has 0 fully saturated rings. The summed E-state index contributed by atoms with van der Waals surface area (Å²) in [7, 11) is 0. The molecule has 0 amide bonds. The number of rotatable bonds is 4. The summed E-state index contributed by atoms with van der Waals surface area (Å²) in [6.45, 7) is 3.07. The van der Waals surface area contributed by atoms with Crippen molar-refractivity contribution in [1.29, 1.82) is 5.26 Å². The second-order valence-corrected chi connectivity index (χ2v) is 3.92. The molecule has 1 aromatic rings. The Hall–Kier alpha value is -2.23. The molecule has 0 N–H and O–H groups in total. The third-order valence-corrected chi connectivity index (χ3v) is 2.34. The molecule has 4 nitrogen and oxygen atoms in total. The quantitative estimate of drug-likeness (QED) is 0.799. The van der Waals surface area contributed by atoms with Gasteiger partial charge in [0.1, 0.15) is 5.75 Å². The van der Waals surface area contributed by atoms with Crippen molar-refractivity contribution in [2.24, 2.45) is 0 Å². The molecule has 0 radical (unpaired) electrons. The van der Waals surface area contributed by atoms with Gasteiger partial charge in [0.25, 0.3) is 0 Å². The molecule has 0 aliphatic rings. The number of carbonyl (C=O) groups excluding carboxylic acids is 1. The van der Waals surface area contributed by atoms with E-state index in [4.69, 9.17) is 5.26 Å². The summed E-state index contributed by atoms with van der Waals surface area (Å²) in [4.78, 5) is 11.4. The van der Waals surface area contributed by atoms with Crippen LogP contribution >= 0.6 is 0 Å². The number of carbonyl (C=O) groups is 1. The average Bonchev–Trinajstić information content (AvgIpc) is 2.32. The van der Waals surface area contributed by atoms with Gasteiger partial charge in [0.15, 0.2) is 0 Å². The summed E-state index contributed by atoms with van der Waals surface area (Å²) in [5.74, 6) is -1.15. The fourth-order valence-electron chi connectivity index (χ4n) is 1.67. The molecule has 108 valence electrons. The number of nitrogens with zero attached hydrogens (tertiary/aromatic N) is 1. The van der Waals surface area contributed by atoms with Gasteiger partial charge in [0.2, 0.25) is 0 Å². The van der Waals surface area contributed by atoms with E-state index in [2.05, 4.69) is 9.47 Å². The second-order valence-electron chi connectivity index (χ2n) is 3.92. The van der Waals surface area contributed by atoms with Crippen LogP contribution in [0.3, 0.4) is 0 Å². The number of aryl methyl sites for hydroxylation is 1. The van der Waals surface area contributed by atoms with E-state index in [1.165, 1.54) is 19.1 Å². The Morgan fingerprint density at radius 2 is 2.05 bits per heavy atom. The van der Waals surface area contributed by atoms with E-state index >= 15 is 0 Å². The molecule has 1 rings (SSSR count). The zero-order chi connectivity index (χ0) is 15.3. The lowest BCUT2D eigenvalue weighted by molar-refractivity contribution is -0.275. The Bertz CT molecular complexity index is 547. The largest absolute Gasteiger partial charge is 0.573 e. The van der Waals surface area contributed by atoms with Crippen LogP contribution in [0.2, 0.25) is 0 Å². The molecular weight excluding hydrogens is 275 g/mol. The number of alkyl halides is 3. The molecule has 0 aliphatic heterocycles. The highest BCUT2D eigenvalue weighted by Gasteiger charge is 2.33. The molecule has 0 spiro atoms. The van der Waals surface area contributed by atoms with Crippen molar-refractivity contribution in [3.05, 3.63) is 28.8 Å². The minimum absolute atomic E-state index is 0.0303. The maximum absolute atomic E-state index is 12.4. The van der Waals surface area contributed by atoms with Gasteiger partial charge < -0.3 is 9.47 Å². The lowest BCUT2D eigenvalue weighted by Gasteiger charge is -2.15. The first-order valence-corrected chi connectivity index (χ1v) is 5.71. The first-order chi connectivity index (χ1) is 9.26. The van der Waals surface area contributed by atoms with Crippen molar-refractivity contribution in [2.45, 2.75) is 26.6 Å². The van der Waals surface area contributed by atoms with Gasteiger partial charge in [-0.25, -0.2) is 0 Å². The number of nitriles is 1. The van der Waals surface area contributed by atoms with Crippen molar-refractivity contribution in [1.82, 2.24) is 0 Å². The molecular formula is C13H12F3NO3. The minimum atomic E-state index is -4.87. The monoisotopic (exact) mass is 287 g/mol. The van der Waals surface area contributed by atoms with Crippen LogP contribution in [-0.2, 0) is 16.0 Å². The number of ether oxygens (including phenoxy) is 2. The Morgan fingerprint density at radius 1 is 1.40 bits per heavy atom. The fourth-order valence-corrected chi connectivity index (χ4v) is 1.67. The lowest BCUT2D eigenvalue weighted by atomic mass is 10.0. The molecule has 0 saturated carbocycles. The number of benzene rings is 1. The van der Waals surface area contributed by atoms with Crippen molar-refractivity contribution < 1.29 is 27.4 Å². The van der Waals surface area contributed by atoms with Crippen LogP contribution in [0.4, 0.5) is 13.2 Å². The van der Waals surface area contributed by atoms with Crippen LogP contribution in [-0.4, -0.2) is 18.9 Å². The fraction of sp³-hybridized carbons (Fsp3) is 0.385. The number of esters is 1. The Kier molecular flexibility index (Phi) is 4.97. The topological polar surface area (TPSA) is 59.3 Å². The minimum Gasteiger partial charge on any atom is -0.466 e. The maximum atomic E-state index is 12.4. The van der Waals surface area contributed by atoms with Gasteiger partial charge in [-0.1, -0.05) is 0 Å². The van der Waals surface area contributed by atoms with E-state index in [9.17, 15) is 18.0 Å². The third kappa shape index (κ3) is 4.46. The first kappa shape index (κ1) is 15.8. The third-order valence-electron chi connectivity index (χ3n) is 2.34. The maximum Gasteiger partial charge on any atom is 0.573 e. The predicted octanol–water partition coefficient (Wildman–Crippen LogP) is 2.87. The molecule has 0 aromatic heterocycles. The van der Waals surface area contributed by atoms with Crippen molar-refractivity contribution in [3.63, 3.8) is 0 Å². The Balaban J connectivity index is 3.19. The SMILES string of the molecule is CCOC(=O)Cc1cc(C#N)cc(C)c1OC(F)(F)F. The molecule has 0 heterocycles. The molecule has 0 saturated heterocycles. The van der Waals surface area contributed by atoms with Gasteiger partial charge >= 0.3 is 12.3 Å². The summed E-state index contributed by atoms with van der Waals surface area (Å²) in [5.41, 5.74) is 0.245. The molecule has 0 aliphatic carbocycles. The molecule has 0 atom stereocenters. The van der Waals surface area contributed by atoms with E-state index < -0.39 is 24.5 Å². The molecule has 7 heteroatoms. The summed E-state index contributed by atoms with van der Waals surface area (Å²) in [6, 6.07) is 4.26.